The first-order chi connectivity index (χ1) is 42.5. The Morgan fingerprint density at radius 2 is 1.02 bits per heavy atom. The summed E-state index contributed by atoms with van der Waals surface area (Å²) < 4.78 is 18.3. The quantitative estimate of drug-likeness (QED) is 0.100. The number of likely N-dealkylation sites (N-methyl/N-ethyl adjacent to an activating group) is 4. The molecule has 496 valence electrons. The van der Waals surface area contributed by atoms with E-state index in [-0.39, 0.29) is 59.6 Å². The number of aryl methyl sites for hydroxylation is 1. The number of cyclic esters (lactones) is 2. The fraction of sp³-hybridized carbons (Fsp3) is 0.613. The van der Waals surface area contributed by atoms with E-state index in [1.807, 2.05) is 0 Å². The van der Waals surface area contributed by atoms with Crippen molar-refractivity contribution in [1.29, 1.82) is 0 Å². The number of nitrogens with one attached hydrogen (secondary N) is 4. The Morgan fingerprint density at radius 3 is 1.43 bits per heavy atom. The van der Waals surface area contributed by atoms with Gasteiger partial charge in [0.1, 0.15) is 71.8 Å². The van der Waals surface area contributed by atoms with Crippen LogP contribution in [-0.4, -0.2) is 220 Å². The van der Waals surface area contributed by atoms with E-state index in [0.717, 1.165) is 9.80 Å². The van der Waals surface area contributed by atoms with E-state index in [4.69, 9.17) is 30.3 Å². The van der Waals surface area contributed by atoms with Crippen molar-refractivity contribution < 1.29 is 71.4 Å². The number of rotatable bonds is 8. The number of carbonyl (C=O) groups is 12. The SMILES string of the molecule is Cc1c2oc3c(C)c(N)cc(C(=O)N[C@@H]4C(=O)N[C@H](C(C)C)C(=O)N5CCC[C@H]5C(=O)N(C)CC(=O)N(C)[C@H](C(C)C)C(=O)O[C@@H]4C)c3nc-2c(C(=O)N[C@@H]2C(=O)N[C@H](C(C)C)C(=O)N3CCC[C@H]3C(=O)N(C)CC(=O)N(C)[C@@H](C(C)C)C(=O)O[C@@H]2C)c(N)c1=O. The highest BCUT2D eigenvalue weighted by Gasteiger charge is 2.47. The van der Waals surface area contributed by atoms with Crippen LogP contribution in [0.5, 0.6) is 0 Å². The van der Waals surface area contributed by atoms with Gasteiger partial charge in [-0.05, 0) is 83.1 Å². The van der Waals surface area contributed by atoms with Gasteiger partial charge >= 0.3 is 11.9 Å². The van der Waals surface area contributed by atoms with Crippen LogP contribution in [0.3, 0.4) is 0 Å². The smallest absolute Gasteiger partial charge is 0.329 e. The number of hydrogen-bond donors (Lipinski definition) is 6. The van der Waals surface area contributed by atoms with E-state index < -0.39 is 196 Å². The van der Waals surface area contributed by atoms with E-state index in [0.29, 0.717) is 12.8 Å². The predicted octanol–water partition coefficient (Wildman–Crippen LogP) is 0.308. The molecular weight excluding hydrogens is 1180 g/mol. The van der Waals surface area contributed by atoms with Gasteiger partial charge in [-0.25, -0.2) is 14.6 Å². The van der Waals surface area contributed by atoms with Gasteiger partial charge in [-0.2, -0.15) is 0 Å². The van der Waals surface area contributed by atoms with Gasteiger partial charge in [-0.15, -0.1) is 0 Å². The fourth-order valence-electron chi connectivity index (χ4n) is 12.4. The highest BCUT2D eigenvalue weighted by Crippen LogP contribution is 2.37. The molecule has 1 aromatic carbocycles. The molecule has 10 atom stereocenters. The zero-order chi connectivity index (χ0) is 67.8. The summed E-state index contributed by atoms with van der Waals surface area (Å²) >= 11 is 0. The summed E-state index contributed by atoms with van der Waals surface area (Å²) in [7, 11) is 5.56. The van der Waals surface area contributed by atoms with Crippen LogP contribution < -0.4 is 38.2 Å². The number of carbonyl (C=O) groups excluding carboxylic acids is 12. The molecule has 29 nitrogen and oxygen atoms in total. The van der Waals surface area contributed by atoms with E-state index in [1.54, 1.807) is 55.4 Å². The molecule has 4 fully saturated rings. The maximum Gasteiger partial charge on any atom is 0.329 e. The van der Waals surface area contributed by atoms with Crippen molar-refractivity contribution in [1.82, 2.24) is 55.7 Å². The lowest BCUT2D eigenvalue weighted by Crippen LogP contribution is -2.61. The zero-order valence-electron chi connectivity index (χ0n) is 54.6. The Bertz CT molecular complexity index is 3470. The van der Waals surface area contributed by atoms with Gasteiger partial charge < -0.3 is 76.0 Å². The largest absolute Gasteiger partial charge is 0.458 e. The van der Waals surface area contributed by atoms with Crippen LogP contribution in [-0.2, 0) is 57.4 Å². The topological polar surface area (TPSA) is 386 Å². The minimum atomic E-state index is -1.90. The number of aromatic nitrogens is 1. The number of nitrogens with two attached hydrogens (primary N) is 2. The van der Waals surface area contributed by atoms with Crippen LogP contribution in [0.4, 0.5) is 11.4 Å². The molecule has 91 heavy (non-hydrogen) atoms. The third-order valence-corrected chi connectivity index (χ3v) is 17.7. The maximum atomic E-state index is 15.2. The minimum absolute atomic E-state index is 0.0571. The second kappa shape index (κ2) is 27.7. The van der Waals surface area contributed by atoms with Crippen LogP contribution in [0.1, 0.15) is 127 Å². The van der Waals surface area contributed by atoms with Gasteiger partial charge in [0, 0.05) is 58.1 Å². The minimum Gasteiger partial charge on any atom is -0.458 e. The summed E-state index contributed by atoms with van der Waals surface area (Å²) in [5.41, 5.74) is 9.45. The van der Waals surface area contributed by atoms with Crippen LogP contribution in [0.2, 0.25) is 0 Å². The Morgan fingerprint density at radius 1 is 0.604 bits per heavy atom. The summed E-state index contributed by atoms with van der Waals surface area (Å²) in [5.74, 6) is -12.7. The van der Waals surface area contributed by atoms with Gasteiger partial charge in [-0.1, -0.05) is 55.4 Å². The molecule has 1 aromatic rings. The summed E-state index contributed by atoms with van der Waals surface area (Å²) in [6.07, 6.45) is -1.74. The first-order valence-corrected chi connectivity index (χ1v) is 30.7. The number of ether oxygens (including phenoxy) is 2. The zero-order valence-corrected chi connectivity index (χ0v) is 54.6. The number of nitrogen functional groups attached to an aromatic ring is 2. The number of amides is 10. The number of nitrogens with zero attached hydrogens (tertiary/aromatic N) is 7. The normalized spacial score (nSPS) is 26.1. The van der Waals surface area contributed by atoms with Crippen molar-refractivity contribution in [2.75, 3.05) is 65.8 Å². The molecule has 4 saturated heterocycles. The molecule has 29 heteroatoms. The van der Waals surface area contributed by atoms with Crippen molar-refractivity contribution >= 4 is 93.5 Å². The molecule has 0 radical (unpaired) electrons. The second-order valence-corrected chi connectivity index (χ2v) is 25.8. The van der Waals surface area contributed by atoms with E-state index in [2.05, 4.69) is 21.3 Å². The maximum absolute atomic E-state index is 15.2. The number of anilines is 2. The van der Waals surface area contributed by atoms with Crippen molar-refractivity contribution in [3.05, 3.63) is 38.5 Å². The average molecular weight is 1270 g/mol. The Kier molecular flexibility index (Phi) is 21.1. The number of fused-ring (bicyclic) bond motifs is 4. The molecule has 0 spiro atoms. The molecule has 0 bridgehead atoms. The Labute approximate surface area is 527 Å². The molecule has 7 rings (SSSR count). The number of hydrogen-bond acceptors (Lipinski definition) is 19. The van der Waals surface area contributed by atoms with Crippen LogP contribution >= 0.6 is 0 Å². The van der Waals surface area contributed by atoms with Crippen LogP contribution in [0.15, 0.2) is 15.3 Å². The van der Waals surface area contributed by atoms with E-state index in [9.17, 15) is 52.7 Å². The lowest BCUT2D eigenvalue weighted by atomic mass is 9.98. The summed E-state index contributed by atoms with van der Waals surface area (Å²) in [4.78, 5) is 200. The van der Waals surface area contributed by atoms with Crippen molar-refractivity contribution in [3.63, 3.8) is 0 Å². The second-order valence-electron chi connectivity index (χ2n) is 25.8. The third-order valence-electron chi connectivity index (χ3n) is 17.7. The molecule has 6 aliphatic rings. The standard InChI is InChI=1S/C62H87N13O16/c1-26(2)42-59(85)74-21-17-19-36(74)57(83)70(13)24-38(76)72(15)48(28(5)6)61(87)89-32(11)44(55(81)66-42)68-53(79)34-23-35(63)30(9)51-46(34)65-47-40(41(64)50(78)31(10)52(47)91-51)54(80)69-45-33(12)90-62(88)49(29(7)8)73(16)39(77)25-71(14)58(84)37-20-18-22-75(37)60(86)43(27(3)4)67-56(45)82/h23,26-29,32-33,36-37,42-45,48-49H,17-22,24-25,63-64H2,1-16H3,(H,66,81)(H,67,82)(H,68,79)(H,69,80)/t32-,33-,36+,37+,42-,43-,44+,45+,48-,49+/m1/s1. The summed E-state index contributed by atoms with van der Waals surface area (Å²) in [5, 5.41) is 10.6. The van der Waals surface area contributed by atoms with Crippen LogP contribution in [0, 0.1) is 37.5 Å². The molecule has 5 aliphatic heterocycles. The first kappa shape index (κ1) is 69.6. The summed E-state index contributed by atoms with van der Waals surface area (Å²) in [6, 6.07) is -9.67. The van der Waals surface area contributed by atoms with E-state index >= 15 is 9.59 Å². The molecule has 5 heterocycles. The molecular formula is C62H87N13O16. The first-order valence-electron chi connectivity index (χ1n) is 30.7. The Balaban J connectivity index is 1.34. The summed E-state index contributed by atoms with van der Waals surface area (Å²) in [6.45, 7) is 18.1. The Hall–Kier alpha value is -8.92. The molecule has 0 aromatic heterocycles. The molecule has 0 unspecified atom stereocenters. The van der Waals surface area contributed by atoms with Crippen molar-refractivity contribution in [2.24, 2.45) is 23.7 Å². The third kappa shape index (κ3) is 13.9. The lowest BCUT2D eigenvalue weighted by Gasteiger charge is -2.36. The monoisotopic (exact) mass is 1270 g/mol. The highest BCUT2D eigenvalue weighted by atomic mass is 16.6. The van der Waals surface area contributed by atoms with Gasteiger partial charge in [0.15, 0.2) is 11.3 Å². The molecule has 10 amide bonds. The van der Waals surface area contributed by atoms with Gasteiger partial charge in [-0.3, -0.25) is 52.7 Å². The van der Waals surface area contributed by atoms with Gasteiger partial charge in [0.25, 0.3) is 11.8 Å². The molecule has 0 saturated carbocycles. The predicted molar refractivity (Wildman–Crippen MR) is 330 cm³/mol. The average Bonchev–Trinajstić information content (AvgIpc) is 1.33. The number of benzene rings is 2. The lowest BCUT2D eigenvalue weighted by molar-refractivity contribution is -0.163. The fourth-order valence-corrected chi connectivity index (χ4v) is 12.4. The van der Waals surface area contributed by atoms with Crippen molar-refractivity contribution in [3.8, 4) is 11.5 Å². The van der Waals surface area contributed by atoms with Crippen molar-refractivity contribution in [2.45, 2.75) is 169 Å². The highest BCUT2D eigenvalue weighted by molar-refractivity contribution is 6.11. The van der Waals surface area contributed by atoms with Gasteiger partial charge in [0.05, 0.1) is 29.9 Å². The van der Waals surface area contributed by atoms with Gasteiger partial charge in [0.2, 0.25) is 52.7 Å². The number of esters is 2. The van der Waals surface area contributed by atoms with Crippen LogP contribution in [0.25, 0.3) is 22.6 Å². The van der Waals surface area contributed by atoms with E-state index in [1.165, 1.54) is 81.6 Å². The molecule has 8 N–H and O–H groups in total. The molecule has 1 aliphatic carbocycles.